The third-order valence-electron chi connectivity index (χ3n) is 5.19. The molecule has 0 saturated carbocycles. The predicted octanol–water partition coefficient (Wildman–Crippen LogP) is 1.53. The lowest BCUT2D eigenvalue weighted by Gasteiger charge is -2.38. The number of hydrogen-bond acceptors (Lipinski definition) is 4. The molecule has 1 amide bonds. The largest absolute Gasteiger partial charge is 0.381 e. The summed E-state index contributed by atoms with van der Waals surface area (Å²) in [5.41, 5.74) is 1.14. The van der Waals surface area contributed by atoms with Crippen LogP contribution >= 0.6 is 11.6 Å². The molecule has 7 nitrogen and oxygen atoms in total. The first kappa shape index (κ1) is 20.7. The second-order valence-corrected chi connectivity index (χ2v) is 7.93. The molecule has 1 atom stereocenters. The van der Waals surface area contributed by atoms with Gasteiger partial charge in [0, 0.05) is 70.1 Å². The number of ether oxygens (including phenoxy) is 1. The van der Waals surface area contributed by atoms with Gasteiger partial charge in [-0.25, -0.2) is 4.99 Å². The molecule has 0 radical (unpaired) electrons. The number of piperazine rings is 1. The van der Waals surface area contributed by atoms with Crippen LogP contribution in [0, 0.1) is 5.92 Å². The molecular formula is C20H30ClN5O2. The summed E-state index contributed by atoms with van der Waals surface area (Å²) in [5.74, 6) is 1.32. The maximum atomic E-state index is 12.0. The van der Waals surface area contributed by atoms with Gasteiger partial charge in [-0.2, -0.15) is 0 Å². The maximum Gasteiger partial charge on any atom is 0.243 e. The number of benzene rings is 1. The summed E-state index contributed by atoms with van der Waals surface area (Å²) in [4.78, 5) is 22.7. The lowest BCUT2D eigenvalue weighted by atomic mass is 10.1. The van der Waals surface area contributed by atoms with Gasteiger partial charge in [0.1, 0.15) is 6.54 Å². The Morgan fingerprint density at radius 3 is 2.75 bits per heavy atom. The third-order valence-corrected chi connectivity index (χ3v) is 5.42. The lowest BCUT2D eigenvalue weighted by molar-refractivity contribution is -0.127. The highest BCUT2D eigenvalue weighted by molar-refractivity contribution is 6.30. The normalized spacial score (nSPS) is 20.4. The molecule has 0 spiro atoms. The number of carbonyl (C=O) groups is 1. The van der Waals surface area contributed by atoms with E-state index in [0.29, 0.717) is 5.92 Å². The first-order valence-corrected chi connectivity index (χ1v) is 10.2. The Kier molecular flexibility index (Phi) is 7.39. The summed E-state index contributed by atoms with van der Waals surface area (Å²) in [5, 5.41) is 4.23. The van der Waals surface area contributed by atoms with E-state index in [-0.39, 0.29) is 12.5 Å². The summed E-state index contributed by atoms with van der Waals surface area (Å²) in [6, 6.07) is 7.96. The maximum absolute atomic E-state index is 12.0. The molecule has 0 aliphatic carbocycles. The third kappa shape index (κ3) is 5.75. The number of amides is 1. The average molecular weight is 408 g/mol. The SMILES string of the molecule is CN(C)C(=O)CN=C(NCC1CCOC1)N1CCN(c2cccc(Cl)c2)CC1. The minimum absolute atomic E-state index is 0.000984. The highest BCUT2D eigenvalue weighted by Crippen LogP contribution is 2.21. The van der Waals surface area contributed by atoms with Crippen molar-refractivity contribution in [2.75, 3.05) is 71.5 Å². The summed E-state index contributed by atoms with van der Waals surface area (Å²) >= 11 is 6.13. The minimum atomic E-state index is 0.000984. The van der Waals surface area contributed by atoms with Crippen molar-refractivity contribution in [3.8, 4) is 0 Å². The van der Waals surface area contributed by atoms with Crippen LogP contribution in [0.15, 0.2) is 29.3 Å². The molecule has 0 aromatic heterocycles. The van der Waals surface area contributed by atoms with E-state index in [1.807, 2.05) is 18.2 Å². The van der Waals surface area contributed by atoms with E-state index in [2.05, 4.69) is 26.2 Å². The zero-order valence-corrected chi connectivity index (χ0v) is 17.5. The Morgan fingerprint density at radius 1 is 1.32 bits per heavy atom. The Bertz CT molecular complexity index is 683. The van der Waals surface area contributed by atoms with Crippen molar-refractivity contribution in [2.45, 2.75) is 6.42 Å². The minimum Gasteiger partial charge on any atom is -0.381 e. The molecular weight excluding hydrogens is 378 g/mol. The van der Waals surface area contributed by atoms with Crippen molar-refractivity contribution >= 4 is 29.2 Å². The van der Waals surface area contributed by atoms with Crippen molar-refractivity contribution in [3.05, 3.63) is 29.3 Å². The second-order valence-electron chi connectivity index (χ2n) is 7.49. The molecule has 2 aliphatic heterocycles. The first-order chi connectivity index (χ1) is 13.5. The van der Waals surface area contributed by atoms with Gasteiger partial charge in [-0.15, -0.1) is 0 Å². The number of nitrogens with zero attached hydrogens (tertiary/aromatic N) is 4. The van der Waals surface area contributed by atoms with Gasteiger partial charge in [-0.1, -0.05) is 17.7 Å². The van der Waals surface area contributed by atoms with Crippen LogP contribution in [0.5, 0.6) is 0 Å². The first-order valence-electron chi connectivity index (χ1n) is 9.84. The predicted molar refractivity (Wildman–Crippen MR) is 113 cm³/mol. The van der Waals surface area contributed by atoms with Crippen LogP contribution in [0.2, 0.25) is 5.02 Å². The lowest BCUT2D eigenvalue weighted by Crippen LogP contribution is -2.53. The molecule has 3 rings (SSSR count). The van der Waals surface area contributed by atoms with Gasteiger partial charge < -0.3 is 24.8 Å². The molecule has 0 bridgehead atoms. The van der Waals surface area contributed by atoms with Gasteiger partial charge in [0.2, 0.25) is 5.91 Å². The number of carbonyl (C=O) groups excluding carboxylic acids is 1. The monoisotopic (exact) mass is 407 g/mol. The average Bonchev–Trinajstić information content (AvgIpc) is 3.21. The Balaban J connectivity index is 1.60. The molecule has 2 saturated heterocycles. The molecule has 1 aromatic carbocycles. The molecule has 28 heavy (non-hydrogen) atoms. The van der Waals surface area contributed by atoms with Gasteiger partial charge >= 0.3 is 0 Å². The molecule has 1 N–H and O–H groups in total. The van der Waals surface area contributed by atoms with E-state index >= 15 is 0 Å². The van der Waals surface area contributed by atoms with Crippen molar-refractivity contribution in [2.24, 2.45) is 10.9 Å². The van der Waals surface area contributed by atoms with Crippen LogP contribution in [0.25, 0.3) is 0 Å². The molecule has 1 unspecified atom stereocenters. The number of aliphatic imine (C=N–C) groups is 1. The number of hydrogen-bond donors (Lipinski definition) is 1. The Morgan fingerprint density at radius 2 is 2.11 bits per heavy atom. The number of halogens is 1. The Hall–Kier alpha value is -1.99. The van der Waals surface area contributed by atoms with E-state index in [1.54, 1.807) is 19.0 Å². The fourth-order valence-corrected chi connectivity index (χ4v) is 3.57. The summed E-state index contributed by atoms with van der Waals surface area (Å²) in [6.07, 6.45) is 1.07. The Labute approximate surface area is 172 Å². The fourth-order valence-electron chi connectivity index (χ4n) is 3.38. The van der Waals surface area contributed by atoms with E-state index in [1.165, 1.54) is 0 Å². The standard InChI is InChI=1S/C20H30ClN5O2/c1-24(2)19(27)14-23-20(22-13-16-6-11-28-15-16)26-9-7-25(8-10-26)18-5-3-4-17(21)12-18/h3-5,12,16H,6-11,13-15H2,1-2H3,(H,22,23). The fraction of sp³-hybridized carbons (Fsp3) is 0.600. The van der Waals surface area contributed by atoms with Crippen molar-refractivity contribution < 1.29 is 9.53 Å². The van der Waals surface area contributed by atoms with E-state index in [4.69, 9.17) is 16.3 Å². The second kappa shape index (κ2) is 9.98. The number of rotatable bonds is 5. The van der Waals surface area contributed by atoms with Crippen molar-refractivity contribution in [1.82, 2.24) is 15.1 Å². The van der Waals surface area contributed by atoms with Crippen molar-refractivity contribution in [1.29, 1.82) is 0 Å². The summed E-state index contributed by atoms with van der Waals surface area (Å²) < 4.78 is 5.47. The highest BCUT2D eigenvalue weighted by Gasteiger charge is 2.22. The summed E-state index contributed by atoms with van der Waals surface area (Å²) in [6.45, 7) is 6.06. The van der Waals surface area contributed by atoms with Gasteiger partial charge in [-0.3, -0.25) is 4.79 Å². The number of nitrogens with one attached hydrogen (secondary N) is 1. The van der Waals surface area contributed by atoms with Crippen LogP contribution in [0.1, 0.15) is 6.42 Å². The van der Waals surface area contributed by atoms with Crippen LogP contribution < -0.4 is 10.2 Å². The molecule has 1 aromatic rings. The van der Waals surface area contributed by atoms with Gasteiger partial charge in [-0.05, 0) is 24.6 Å². The van der Waals surface area contributed by atoms with E-state index in [9.17, 15) is 4.79 Å². The molecule has 2 heterocycles. The zero-order chi connectivity index (χ0) is 19.9. The van der Waals surface area contributed by atoms with E-state index < -0.39 is 0 Å². The summed E-state index contributed by atoms with van der Waals surface area (Å²) in [7, 11) is 3.51. The van der Waals surface area contributed by atoms with Gasteiger partial charge in [0.15, 0.2) is 5.96 Å². The van der Waals surface area contributed by atoms with Gasteiger partial charge in [0.05, 0.1) is 6.61 Å². The van der Waals surface area contributed by atoms with E-state index in [0.717, 1.165) is 69.0 Å². The molecule has 154 valence electrons. The van der Waals surface area contributed by atoms with Crippen molar-refractivity contribution in [3.63, 3.8) is 0 Å². The number of anilines is 1. The quantitative estimate of drug-likeness (QED) is 0.592. The zero-order valence-electron chi connectivity index (χ0n) is 16.7. The number of likely N-dealkylation sites (N-methyl/N-ethyl adjacent to an activating group) is 1. The topological polar surface area (TPSA) is 60.4 Å². The van der Waals surface area contributed by atoms with Crippen LogP contribution in [-0.4, -0.2) is 88.2 Å². The van der Waals surface area contributed by atoms with Gasteiger partial charge in [0.25, 0.3) is 0 Å². The van der Waals surface area contributed by atoms with Crippen LogP contribution in [-0.2, 0) is 9.53 Å². The van der Waals surface area contributed by atoms with Crippen LogP contribution in [0.3, 0.4) is 0 Å². The molecule has 2 aliphatic rings. The number of guanidine groups is 1. The highest BCUT2D eigenvalue weighted by atomic mass is 35.5. The molecule has 2 fully saturated rings. The smallest absolute Gasteiger partial charge is 0.243 e. The van der Waals surface area contributed by atoms with Crippen LogP contribution in [0.4, 0.5) is 5.69 Å². The molecule has 8 heteroatoms.